The van der Waals surface area contributed by atoms with Crippen molar-refractivity contribution in [3.05, 3.63) is 94.5 Å². The number of aliphatic hydroxyl groups excluding tert-OH is 1. The van der Waals surface area contributed by atoms with Gasteiger partial charge in [0, 0.05) is 48.1 Å². The number of likely N-dealkylation sites (tertiary alicyclic amines) is 1. The lowest BCUT2D eigenvalue weighted by atomic mass is 9.84. The van der Waals surface area contributed by atoms with Gasteiger partial charge in [-0.2, -0.15) is 0 Å². The second-order valence-corrected chi connectivity index (χ2v) is 13.2. The number of aliphatic imine (C=N–C) groups is 1. The molecule has 0 spiro atoms. The van der Waals surface area contributed by atoms with E-state index in [9.17, 15) is 13.2 Å². The Morgan fingerprint density at radius 3 is 2.39 bits per heavy atom. The van der Waals surface area contributed by atoms with Crippen LogP contribution < -0.4 is 4.74 Å². The highest BCUT2D eigenvalue weighted by Gasteiger charge is 2.55. The van der Waals surface area contributed by atoms with Crippen LogP contribution in [0.15, 0.2) is 93.2 Å². The fraction of sp³-hybridized carbons (Fsp3) is 0.355. The number of rotatable bonds is 11. The van der Waals surface area contributed by atoms with E-state index in [-0.39, 0.29) is 35.5 Å². The summed E-state index contributed by atoms with van der Waals surface area (Å²) in [6.07, 6.45) is 1.42. The minimum atomic E-state index is -3.70. The van der Waals surface area contributed by atoms with Crippen molar-refractivity contribution in [1.29, 1.82) is 0 Å². The maximum absolute atomic E-state index is 14.4. The van der Waals surface area contributed by atoms with Crippen molar-refractivity contribution in [2.45, 2.75) is 42.2 Å². The molecule has 10 heteroatoms. The van der Waals surface area contributed by atoms with Crippen molar-refractivity contribution in [3.63, 3.8) is 0 Å². The molecule has 0 radical (unpaired) electrons. The zero-order valence-electron chi connectivity index (χ0n) is 22.6. The van der Waals surface area contributed by atoms with Gasteiger partial charge in [-0.05, 0) is 55.3 Å². The van der Waals surface area contributed by atoms with Crippen LogP contribution in [-0.2, 0) is 19.4 Å². The van der Waals surface area contributed by atoms with E-state index in [1.54, 1.807) is 59.5 Å². The summed E-state index contributed by atoms with van der Waals surface area (Å²) in [4.78, 5) is 21.4. The van der Waals surface area contributed by atoms with Crippen molar-refractivity contribution in [3.8, 4) is 5.75 Å². The van der Waals surface area contributed by atoms with Gasteiger partial charge in [-0.25, -0.2) is 13.4 Å². The second kappa shape index (κ2) is 12.8. The molecule has 216 valence electrons. The number of ether oxygens (including phenoxy) is 2. The van der Waals surface area contributed by atoms with Crippen LogP contribution >= 0.6 is 15.9 Å². The second-order valence-electron chi connectivity index (χ2n) is 10.2. The Labute approximate surface area is 249 Å². The molecule has 0 unspecified atom stereocenters. The number of sulfone groups is 1. The predicted octanol–water partition coefficient (Wildman–Crippen LogP) is 4.95. The molecule has 3 aromatic carbocycles. The third-order valence-corrected chi connectivity index (χ3v) is 9.90. The fourth-order valence-electron chi connectivity index (χ4n) is 5.25. The average Bonchev–Trinajstić information content (AvgIpc) is 3.67. The third-order valence-electron chi connectivity index (χ3n) is 7.44. The maximum Gasteiger partial charge on any atom is 0.254 e. The lowest BCUT2D eigenvalue weighted by Gasteiger charge is -2.34. The SMILES string of the molecule is O=C(N1CCCC1)[C@]1(CCS(=O)(=O)c2ccccc2)N=C(c2ccc(OCCCO)cc2)O[C@@H]1c1ccccc1Br. The maximum atomic E-state index is 14.4. The molecule has 1 fully saturated rings. The van der Waals surface area contributed by atoms with Gasteiger partial charge in [0.05, 0.1) is 17.3 Å². The van der Waals surface area contributed by atoms with Gasteiger partial charge in [-0.15, -0.1) is 0 Å². The molecule has 2 atom stereocenters. The van der Waals surface area contributed by atoms with E-state index in [1.165, 1.54) is 0 Å². The number of hydrogen-bond donors (Lipinski definition) is 1. The molecular weight excluding hydrogens is 608 g/mol. The Morgan fingerprint density at radius 1 is 1.02 bits per heavy atom. The Bertz CT molecular complexity index is 1490. The van der Waals surface area contributed by atoms with Crippen LogP contribution in [-0.4, -0.2) is 67.8 Å². The van der Waals surface area contributed by atoms with E-state index in [1.807, 2.05) is 24.3 Å². The molecule has 0 bridgehead atoms. The summed E-state index contributed by atoms with van der Waals surface area (Å²) in [5.41, 5.74) is -0.111. The van der Waals surface area contributed by atoms with Gasteiger partial charge in [-0.1, -0.05) is 52.3 Å². The third kappa shape index (κ3) is 6.34. The van der Waals surface area contributed by atoms with E-state index in [0.717, 1.165) is 22.9 Å². The highest BCUT2D eigenvalue weighted by Crippen LogP contribution is 2.46. The molecule has 2 aliphatic heterocycles. The Hall–Kier alpha value is -3.21. The topological polar surface area (TPSA) is 106 Å². The number of halogens is 1. The minimum Gasteiger partial charge on any atom is -0.494 e. The van der Waals surface area contributed by atoms with Crippen LogP contribution in [0.3, 0.4) is 0 Å². The summed E-state index contributed by atoms with van der Waals surface area (Å²) < 4.78 is 39.8. The summed E-state index contributed by atoms with van der Waals surface area (Å²) >= 11 is 3.63. The first-order valence-corrected chi connectivity index (χ1v) is 16.2. The molecule has 1 amide bonds. The molecule has 8 nitrogen and oxygen atoms in total. The number of benzene rings is 3. The first-order valence-electron chi connectivity index (χ1n) is 13.8. The van der Waals surface area contributed by atoms with Crippen molar-refractivity contribution in [2.24, 2.45) is 4.99 Å². The minimum absolute atomic E-state index is 0.0442. The van der Waals surface area contributed by atoms with Gasteiger partial charge in [0.25, 0.3) is 5.91 Å². The number of aliphatic hydroxyl groups is 1. The highest BCUT2D eigenvalue weighted by atomic mass is 79.9. The highest BCUT2D eigenvalue weighted by molar-refractivity contribution is 9.10. The van der Waals surface area contributed by atoms with E-state index >= 15 is 0 Å². The van der Waals surface area contributed by atoms with E-state index in [0.29, 0.717) is 37.4 Å². The van der Waals surface area contributed by atoms with E-state index in [2.05, 4.69) is 15.9 Å². The van der Waals surface area contributed by atoms with Crippen LogP contribution in [0.1, 0.15) is 42.9 Å². The summed E-state index contributed by atoms with van der Waals surface area (Å²) in [6, 6.07) is 23.0. The molecule has 0 saturated carbocycles. The van der Waals surface area contributed by atoms with E-state index < -0.39 is 21.5 Å². The summed E-state index contributed by atoms with van der Waals surface area (Å²) in [7, 11) is -3.70. The van der Waals surface area contributed by atoms with Crippen LogP contribution in [0.4, 0.5) is 0 Å². The monoisotopic (exact) mass is 640 g/mol. The largest absolute Gasteiger partial charge is 0.494 e. The Kier molecular flexibility index (Phi) is 9.11. The van der Waals surface area contributed by atoms with Crippen LogP contribution in [0.25, 0.3) is 0 Å². The number of amides is 1. The molecule has 1 N–H and O–H groups in total. The summed E-state index contributed by atoms with van der Waals surface area (Å²) in [5.74, 6) is 0.418. The summed E-state index contributed by atoms with van der Waals surface area (Å²) in [6.45, 7) is 1.63. The standard InChI is InChI=1S/C31H33BrN2O6S/c32-27-12-5-4-11-26(27)28-31(30(36)34-18-6-7-19-34,17-22-41(37,38)25-9-2-1-3-10-25)33-29(40-28)23-13-15-24(16-14-23)39-21-8-20-35/h1-5,9-16,28,35H,6-8,17-22H2/t28-,31-/m1/s1. The number of carbonyl (C=O) groups is 1. The molecule has 41 heavy (non-hydrogen) atoms. The number of hydrogen-bond acceptors (Lipinski definition) is 7. The number of carbonyl (C=O) groups excluding carboxylic acids is 1. The molecule has 5 rings (SSSR count). The predicted molar refractivity (Wildman–Crippen MR) is 160 cm³/mol. The van der Waals surface area contributed by atoms with Gasteiger partial charge in [0.15, 0.2) is 21.5 Å². The molecule has 3 aromatic rings. The van der Waals surface area contributed by atoms with Gasteiger partial charge in [0.1, 0.15) is 5.75 Å². The van der Waals surface area contributed by atoms with Crippen molar-refractivity contribution >= 4 is 37.6 Å². The first kappa shape index (κ1) is 29.3. The first-order chi connectivity index (χ1) is 19.8. The molecule has 0 aromatic heterocycles. The lowest BCUT2D eigenvalue weighted by Crippen LogP contribution is -2.50. The van der Waals surface area contributed by atoms with Gasteiger partial charge in [-0.3, -0.25) is 4.79 Å². The number of nitrogens with zero attached hydrogens (tertiary/aromatic N) is 2. The Morgan fingerprint density at radius 2 is 1.71 bits per heavy atom. The quantitative estimate of drug-likeness (QED) is 0.297. The van der Waals surface area contributed by atoms with Crippen LogP contribution in [0.5, 0.6) is 5.75 Å². The zero-order chi connectivity index (χ0) is 28.9. The van der Waals surface area contributed by atoms with Crippen molar-refractivity contribution in [2.75, 3.05) is 32.1 Å². The van der Waals surface area contributed by atoms with Crippen LogP contribution in [0.2, 0.25) is 0 Å². The normalized spacial score (nSPS) is 20.5. The molecule has 2 aliphatic rings. The average molecular weight is 642 g/mol. The molecule has 0 aliphatic carbocycles. The zero-order valence-corrected chi connectivity index (χ0v) is 25.0. The fourth-order valence-corrected chi connectivity index (χ4v) is 7.13. The van der Waals surface area contributed by atoms with Crippen LogP contribution in [0, 0.1) is 0 Å². The van der Waals surface area contributed by atoms with Crippen molar-refractivity contribution < 1.29 is 27.8 Å². The van der Waals surface area contributed by atoms with Gasteiger partial charge in [0.2, 0.25) is 5.90 Å². The van der Waals surface area contributed by atoms with Gasteiger partial charge >= 0.3 is 0 Å². The summed E-state index contributed by atoms with van der Waals surface area (Å²) in [5, 5.41) is 9.02. The smallest absolute Gasteiger partial charge is 0.254 e. The lowest BCUT2D eigenvalue weighted by molar-refractivity contribution is -0.138. The molecule has 1 saturated heterocycles. The van der Waals surface area contributed by atoms with Crippen molar-refractivity contribution in [1.82, 2.24) is 4.90 Å². The van der Waals surface area contributed by atoms with Gasteiger partial charge < -0.3 is 19.5 Å². The molecule has 2 heterocycles. The van der Waals surface area contributed by atoms with E-state index in [4.69, 9.17) is 19.6 Å². The molecular formula is C31H33BrN2O6S. The Balaban J connectivity index is 1.56.